The predicted octanol–water partition coefficient (Wildman–Crippen LogP) is 6.11. The molecular weight excluding hydrogens is 497 g/mol. The van der Waals surface area contributed by atoms with Crippen LogP contribution < -0.4 is 10.5 Å². The van der Waals surface area contributed by atoms with Crippen molar-refractivity contribution in [2.24, 2.45) is 0 Å². The largest absolute Gasteiger partial charge is 0.481 e. The summed E-state index contributed by atoms with van der Waals surface area (Å²) < 4.78 is 46.9. The highest BCUT2D eigenvalue weighted by Crippen LogP contribution is 2.39. The number of rotatable bonds is 8. The van der Waals surface area contributed by atoms with Gasteiger partial charge in [-0.2, -0.15) is 4.98 Å². The first-order valence-electron chi connectivity index (χ1n) is 11.6. The van der Waals surface area contributed by atoms with Crippen LogP contribution in [0.4, 0.5) is 19.1 Å². The Bertz CT molecular complexity index is 1490. The number of carbonyl (C=O) groups is 1. The summed E-state index contributed by atoms with van der Waals surface area (Å²) in [5.74, 6) is -1.56. The number of ether oxygens (including phenoxy) is 1. The van der Waals surface area contributed by atoms with E-state index < -0.39 is 29.3 Å². The first-order valence-corrected chi connectivity index (χ1v) is 11.6. The molecule has 2 aromatic heterocycles. The standard InChI is InChI=1S/C28H25F3N4O3/c1-15-11-18(13-21(33-15)24(30)31)22-23(17-7-9-20(29)10-8-17)34-27(32)35-25(22)38-14-16-5-4-6-19(12-16)28(2,3)26(36)37/h4-13,24H,14H2,1-3H3,(H,36,37)(H2,32,34,35). The zero-order chi connectivity index (χ0) is 27.6. The number of aryl methyl sites for hydroxylation is 1. The van der Waals surface area contributed by atoms with Gasteiger partial charge in [0.15, 0.2) is 0 Å². The fourth-order valence-electron chi connectivity index (χ4n) is 3.91. The Morgan fingerprint density at radius 2 is 1.74 bits per heavy atom. The maximum Gasteiger partial charge on any atom is 0.313 e. The zero-order valence-electron chi connectivity index (χ0n) is 20.9. The molecule has 0 atom stereocenters. The van der Waals surface area contributed by atoms with E-state index in [2.05, 4.69) is 15.0 Å². The van der Waals surface area contributed by atoms with Crippen LogP contribution in [0.25, 0.3) is 22.4 Å². The van der Waals surface area contributed by atoms with Crippen LogP contribution in [0.1, 0.15) is 42.8 Å². The van der Waals surface area contributed by atoms with Gasteiger partial charge < -0.3 is 15.6 Å². The third-order valence-corrected chi connectivity index (χ3v) is 6.06. The number of hydrogen-bond acceptors (Lipinski definition) is 6. The van der Waals surface area contributed by atoms with Gasteiger partial charge in [0.25, 0.3) is 6.43 Å². The fraction of sp³-hybridized carbons (Fsp3) is 0.214. The second-order valence-corrected chi connectivity index (χ2v) is 9.26. The van der Waals surface area contributed by atoms with Crippen molar-refractivity contribution < 1.29 is 27.8 Å². The summed E-state index contributed by atoms with van der Waals surface area (Å²) in [6.45, 7) is 4.75. The molecule has 4 rings (SSSR count). The summed E-state index contributed by atoms with van der Waals surface area (Å²) in [5, 5.41) is 9.58. The van der Waals surface area contributed by atoms with E-state index in [1.807, 2.05) is 0 Å². The van der Waals surface area contributed by atoms with Gasteiger partial charge >= 0.3 is 5.97 Å². The van der Waals surface area contributed by atoms with Gasteiger partial charge in [-0.15, -0.1) is 0 Å². The van der Waals surface area contributed by atoms with E-state index in [0.29, 0.717) is 27.9 Å². The lowest BCUT2D eigenvalue weighted by Gasteiger charge is -2.21. The number of nitrogens with zero attached hydrogens (tertiary/aromatic N) is 3. The Hall–Kier alpha value is -4.47. The fourth-order valence-corrected chi connectivity index (χ4v) is 3.91. The Kier molecular flexibility index (Phi) is 7.34. The SMILES string of the molecule is Cc1cc(-c2c(OCc3cccc(C(C)(C)C(=O)O)c3)nc(N)nc2-c2ccc(F)cc2)cc(C(F)F)n1. The van der Waals surface area contributed by atoms with Gasteiger partial charge in [0.2, 0.25) is 11.8 Å². The number of nitrogens with two attached hydrogens (primary N) is 1. The van der Waals surface area contributed by atoms with Crippen LogP contribution in [-0.2, 0) is 16.8 Å². The summed E-state index contributed by atoms with van der Waals surface area (Å²) in [5.41, 5.74) is 7.34. The number of hydrogen-bond donors (Lipinski definition) is 2. The van der Waals surface area contributed by atoms with Crippen LogP contribution in [-0.4, -0.2) is 26.0 Å². The minimum atomic E-state index is -2.82. The van der Waals surface area contributed by atoms with Gasteiger partial charge in [0, 0.05) is 11.3 Å². The van der Waals surface area contributed by atoms with Crippen LogP contribution in [0.2, 0.25) is 0 Å². The molecule has 0 fully saturated rings. The molecule has 0 aliphatic rings. The van der Waals surface area contributed by atoms with Crippen molar-refractivity contribution in [3.8, 4) is 28.3 Å². The number of halogens is 3. The van der Waals surface area contributed by atoms with Gasteiger partial charge in [0.1, 0.15) is 18.1 Å². The molecule has 7 nitrogen and oxygen atoms in total. The molecule has 0 spiro atoms. The van der Waals surface area contributed by atoms with Crippen LogP contribution in [0.15, 0.2) is 60.7 Å². The van der Waals surface area contributed by atoms with Crippen LogP contribution in [0, 0.1) is 12.7 Å². The molecule has 0 amide bonds. The van der Waals surface area contributed by atoms with Crippen molar-refractivity contribution in [1.29, 1.82) is 0 Å². The van der Waals surface area contributed by atoms with Crippen molar-refractivity contribution in [3.63, 3.8) is 0 Å². The van der Waals surface area contributed by atoms with Crippen LogP contribution >= 0.6 is 0 Å². The molecule has 38 heavy (non-hydrogen) atoms. The monoisotopic (exact) mass is 522 g/mol. The van der Waals surface area contributed by atoms with E-state index in [-0.39, 0.29) is 29.7 Å². The van der Waals surface area contributed by atoms with Crippen molar-refractivity contribution in [1.82, 2.24) is 15.0 Å². The predicted molar refractivity (Wildman–Crippen MR) is 136 cm³/mol. The van der Waals surface area contributed by atoms with Crippen molar-refractivity contribution >= 4 is 11.9 Å². The molecule has 0 saturated carbocycles. The Labute approximate surface area is 217 Å². The van der Waals surface area contributed by atoms with E-state index in [1.54, 1.807) is 51.1 Å². The summed E-state index contributed by atoms with van der Waals surface area (Å²) in [7, 11) is 0. The normalized spacial score (nSPS) is 11.6. The molecule has 3 N–H and O–H groups in total. The molecule has 0 saturated heterocycles. The molecule has 2 aromatic carbocycles. The first-order chi connectivity index (χ1) is 18.0. The molecule has 0 aliphatic heterocycles. The third-order valence-electron chi connectivity index (χ3n) is 6.06. The molecule has 2 heterocycles. The number of aromatic nitrogens is 3. The lowest BCUT2D eigenvalue weighted by molar-refractivity contribution is -0.142. The first kappa shape index (κ1) is 26.6. The smallest absolute Gasteiger partial charge is 0.313 e. The van der Waals surface area contributed by atoms with Crippen molar-refractivity contribution in [2.75, 3.05) is 5.73 Å². The average Bonchev–Trinajstić information content (AvgIpc) is 2.87. The van der Waals surface area contributed by atoms with E-state index in [0.717, 1.165) is 0 Å². The zero-order valence-corrected chi connectivity index (χ0v) is 20.9. The summed E-state index contributed by atoms with van der Waals surface area (Å²) in [6.07, 6.45) is -2.82. The topological polar surface area (TPSA) is 111 Å². The molecule has 0 radical (unpaired) electrons. The Morgan fingerprint density at radius 1 is 1.03 bits per heavy atom. The average molecular weight is 523 g/mol. The number of carboxylic acid groups (broad SMARTS) is 1. The maximum absolute atomic E-state index is 13.6. The third kappa shape index (κ3) is 5.59. The molecule has 10 heteroatoms. The van der Waals surface area contributed by atoms with Crippen LogP contribution in [0.5, 0.6) is 5.88 Å². The molecule has 196 valence electrons. The summed E-state index contributed by atoms with van der Waals surface area (Å²) >= 11 is 0. The number of anilines is 1. The number of aliphatic carboxylic acids is 1. The van der Waals surface area contributed by atoms with Gasteiger partial charge in [-0.1, -0.05) is 24.3 Å². The number of alkyl halides is 2. The molecule has 0 unspecified atom stereocenters. The van der Waals surface area contributed by atoms with Gasteiger partial charge in [-0.3, -0.25) is 9.78 Å². The summed E-state index contributed by atoms with van der Waals surface area (Å²) in [4.78, 5) is 24.2. The van der Waals surface area contributed by atoms with Crippen molar-refractivity contribution in [2.45, 2.75) is 39.2 Å². The lowest BCUT2D eigenvalue weighted by atomic mass is 9.84. The minimum absolute atomic E-state index is 0.0190. The van der Waals surface area contributed by atoms with E-state index in [9.17, 15) is 23.1 Å². The highest BCUT2D eigenvalue weighted by Gasteiger charge is 2.29. The van der Waals surface area contributed by atoms with E-state index in [1.165, 1.54) is 30.3 Å². The summed E-state index contributed by atoms with van der Waals surface area (Å²) in [6, 6.07) is 15.2. The van der Waals surface area contributed by atoms with Gasteiger partial charge in [-0.25, -0.2) is 18.2 Å². The quantitative estimate of drug-likeness (QED) is 0.287. The number of carboxylic acids is 1. The Morgan fingerprint density at radius 3 is 2.39 bits per heavy atom. The molecule has 0 aliphatic carbocycles. The number of nitrogen functional groups attached to an aromatic ring is 1. The number of pyridine rings is 1. The van der Waals surface area contributed by atoms with E-state index >= 15 is 0 Å². The van der Waals surface area contributed by atoms with Crippen molar-refractivity contribution in [3.05, 3.63) is 89.0 Å². The molecule has 4 aromatic rings. The molecular formula is C28H25F3N4O3. The second-order valence-electron chi connectivity index (χ2n) is 9.26. The van der Waals surface area contributed by atoms with Gasteiger partial charge in [0.05, 0.1) is 16.7 Å². The highest BCUT2D eigenvalue weighted by molar-refractivity contribution is 5.85. The number of benzene rings is 2. The Balaban J connectivity index is 1.84. The van der Waals surface area contributed by atoms with E-state index in [4.69, 9.17) is 10.5 Å². The minimum Gasteiger partial charge on any atom is -0.481 e. The van der Waals surface area contributed by atoms with Crippen LogP contribution in [0.3, 0.4) is 0 Å². The second kappa shape index (κ2) is 10.5. The van der Waals surface area contributed by atoms with Gasteiger partial charge in [-0.05, 0) is 73.9 Å². The maximum atomic E-state index is 13.6. The molecule has 0 bridgehead atoms. The highest BCUT2D eigenvalue weighted by atomic mass is 19.3. The lowest BCUT2D eigenvalue weighted by Crippen LogP contribution is -2.28.